The van der Waals surface area contributed by atoms with Gasteiger partial charge >= 0.3 is 0 Å². The first kappa shape index (κ1) is 13.4. The van der Waals surface area contributed by atoms with Gasteiger partial charge in [0, 0.05) is 0 Å². The summed E-state index contributed by atoms with van der Waals surface area (Å²) in [5, 5.41) is 11.8. The largest absolute Gasteiger partial charge is 0.375 e. The summed E-state index contributed by atoms with van der Waals surface area (Å²) in [6.07, 6.45) is 1.25. The Bertz CT molecular complexity index is 198. The lowest BCUT2D eigenvalue weighted by Crippen LogP contribution is -2.43. The number of nitrogens with one attached hydrogen (secondary N) is 1. The molecule has 2 atom stereocenters. The highest BCUT2D eigenvalue weighted by Gasteiger charge is 2.22. The molecule has 0 spiro atoms. The molecule has 1 N–H and O–H groups in total. The molecule has 0 aliphatic rings. The quantitative estimate of drug-likeness (QED) is 0.709. The van der Waals surface area contributed by atoms with Crippen molar-refractivity contribution in [3.63, 3.8) is 0 Å². The molecule has 0 amide bonds. The zero-order valence-electron chi connectivity index (χ0n) is 9.92. The Morgan fingerprint density at radius 2 is 2.00 bits per heavy atom. The minimum atomic E-state index is -0.564. The summed E-state index contributed by atoms with van der Waals surface area (Å²) in [5.41, 5.74) is -0.564. The molecular weight excluding hydrogens is 176 g/mol. The first-order valence-corrected chi connectivity index (χ1v) is 5.15. The van der Waals surface area contributed by atoms with E-state index < -0.39 is 5.54 Å². The topological polar surface area (TPSA) is 45.0 Å². The van der Waals surface area contributed by atoms with Crippen LogP contribution in [0.2, 0.25) is 0 Å². The Hall–Kier alpha value is -0.590. The molecule has 0 saturated carbocycles. The molecule has 0 heterocycles. The van der Waals surface area contributed by atoms with Gasteiger partial charge in [0.15, 0.2) is 0 Å². The molecule has 0 aliphatic heterocycles. The predicted molar refractivity (Wildman–Crippen MR) is 57.9 cm³/mol. The smallest absolute Gasteiger partial charge is 0.127 e. The highest BCUT2D eigenvalue weighted by atomic mass is 16.5. The summed E-state index contributed by atoms with van der Waals surface area (Å²) in [5.74, 6) is 0.632. The second-order valence-electron chi connectivity index (χ2n) is 4.45. The van der Waals surface area contributed by atoms with Gasteiger partial charge in [0.1, 0.15) is 5.54 Å². The number of likely N-dealkylation sites (N-methyl/N-ethyl adjacent to an activating group) is 1. The third kappa shape index (κ3) is 5.21. The molecule has 0 aromatic heterocycles. The van der Waals surface area contributed by atoms with Crippen molar-refractivity contribution in [1.29, 1.82) is 5.26 Å². The molecule has 14 heavy (non-hydrogen) atoms. The van der Waals surface area contributed by atoms with Crippen LogP contribution in [0.1, 0.15) is 34.1 Å². The lowest BCUT2D eigenvalue weighted by molar-refractivity contribution is 0.0281. The van der Waals surface area contributed by atoms with E-state index in [4.69, 9.17) is 10.00 Å². The summed E-state index contributed by atoms with van der Waals surface area (Å²) in [6, 6.07) is 2.20. The van der Waals surface area contributed by atoms with E-state index in [0.29, 0.717) is 12.5 Å². The van der Waals surface area contributed by atoms with Crippen LogP contribution in [0.15, 0.2) is 0 Å². The van der Waals surface area contributed by atoms with E-state index in [2.05, 4.69) is 25.2 Å². The van der Waals surface area contributed by atoms with Crippen molar-refractivity contribution < 1.29 is 4.74 Å². The fourth-order valence-electron chi connectivity index (χ4n) is 1.20. The van der Waals surface area contributed by atoms with Gasteiger partial charge in [-0.2, -0.15) is 5.26 Å². The van der Waals surface area contributed by atoms with Gasteiger partial charge < -0.3 is 10.1 Å². The maximum atomic E-state index is 8.89. The normalized spacial score (nSPS) is 17.5. The van der Waals surface area contributed by atoms with E-state index in [1.165, 1.54) is 0 Å². The lowest BCUT2D eigenvalue weighted by Gasteiger charge is -2.24. The van der Waals surface area contributed by atoms with Crippen LogP contribution in [-0.2, 0) is 4.74 Å². The third-order valence-electron chi connectivity index (χ3n) is 2.26. The molecule has 0 rings (SSSR count). The van der Waals surface area contributed by atoms with Crippen molar-refractivity contribution in [3.8, 4) is 6.07 Å². The number of hydrogen-bond donors (Lipinski definition) is 1. The molecule has 0 radical (unpaired) electrons. The second kappa shape index (κ2) is 6.00. The van der Waals surface area contributed by atoms with E-state index in [0.717, 1.165) is 6.42 Å². The summed E-state index contributed by atoms with van der Waals surface area (Å²) >= 11 is 0. The van der Waals surface area contributed by atoms with Crippen LogP contribution in [0.5, 0.6) is 0 Å². The predicted octanol–water partition coefficient (Wildman–Crippen LogP) is 1.94. The van der Waals surface area contributed by atoms with E-state index in [1.807, 2.05) is 13.8 Å². The molecule has 0 aliphatic carbocycles. The van der Waals surface area contributed by atoms with Gasteiger partial charge in [-0.3, -0.25) is 0 Å². The Morgan fingerprint density at radius 1 is 1.43 bits per heavy atom. The van der Waals surface area contributed by atoms with Crippen molar-refractivity contribution in [2.75, 3.05) is 13.7 Å². The van der Waals surface area contributed by atoms with E-state index in [1.54, 1.807) is 7.05 Å². The van der Waals surface area contributed by atoms with Gasteiger partial charge in [0.05, 0.1) is 18.8 Å². The summed E-state index contributed by atoms with van der Waals surface area (Å²) in [7, 11) is 1.78. The van der Waals surface area contributed by atoms with E-state index in [-0.39, 0.29) is 6.10 Å². The number of rotatable bonds is 6. The highest BCUT2D eigenvalue weighted by molar-refractivity contribution is 5.03. The van der Waals surface area contributed by atoms with Crippen LogP contribution >= 0.6 is 0 Å². The van der Waals surface area contributed by atoms with Crippen LogP contribution < -0.4 is 5.32 Å². The molecule has 3 heteroatoms. The Morgan fingerprint density at radius 3 is 2.36 bits per heavy atom. The maximum Gasteiger partial charge on any atom is 0.127 e. The molecule has 3 nitrogen and oxygen atoms in total. The average Bonchev–Trinajstić information content (AvgIpc) is 2.13. The van der Waals surface area contributed by atoms with Gasteiger partial charge in [0.25, 0.3) is 0 Å². The molecule has 0 fully saturated rings. The number of hydrogen-bond acceptors (Lipinski definition) is 3. The average molecular weight is 198 g/mol. The number of nitriles is 1. The van der Waals surface area contributed by atoms with Crippen molar-refractivity contribution in [3.05, 3.63) is 0 Å². The Labute approximate surface area is 87.4 Å². The first-order valence-electron chi connectivity index (χ1n) is 5.15. The second-order valence-corrected chi connectivity index (χ2v) is 4.45. The Kier molecular flexibility index (Phi) is 5.75. The van der Waals surface area contributed by atoms with Gasteiger partial charge in [-0.15, -0.1) is 0 Å². The van der Waals surface area contributed by atoms with Gasteiger partial charge in [-0.05, 0) is 33.2 Å². The van der Waals surface area contributed by atoms with Crippen molar-refractivity contribution in [2.45, 2.75) is 45.8 Å². The first-order chi connectivity index (χ1) is 6.43. The Balaban J connectivity index is 3.87. The van der Waals surface area contributed by atoms with Crippen molar-refractivity contribution in [1.82, 2.24) is 5.32 Å². The molecule has 2 unspecified atom stereocenters. The van der Waals surface area contributed by atoms with Crippen LogP contribution in [0.3, 0.4) is 0 Å². The molecule has 0 bridgehead atoms. The van der Waals surface area contributed by atoms with Gasteiger partial charge in [-0.1, -0.05) is 13.8 Å². The monoisotopic (exact) mass is 198 g/mol. The van der Waals surface area contributed by atoms with E-state index >= 15 is 0 Å². The summed E-state index contributed by atoms with van der Waals surface area (Å²) in [4.78, 5) is 0. The number of ether oxygens (including phenoxy) is 1. The summed E-state index contributed by atoms with van der Waals surface area (Å²) in [6.45, 7) is 8.67. The lowest BCUT2D eigenvalue weighted by atomic mass is 10.1. The van der Waals surface area contributed by atoms with Crippen LogP contribution in [0.4, 0.5) is 0 Å². The molecule has 82 valence electrons. The van der Waals surface area contributed by atoms with Crippen LogP contribution in [0, 0.1) is 17.2 Å². The minimum absolute atomic E-state index is 0.219. The van der Waals surface area contributed by atoms with Crippen molar-refractivity contribution >= 4 is 0 Å². The van der Waals surface area contributed by atoms with Crippen molar-refractivity contribution in [2.24, 2.45) is 5.92 Å². The van der Waals surface area contributed by atoms with E-state index in [9.17, 15) is 0 Å². The molecule has 0 aromatic rings. The SMILES string of the molecule is CNC(C)(C#N)COC(C)CC(C)C. The van der Waals surface area contributed by atoms with Crippen LogP contribution in [0.25, 0.3) is 0 Å². The molecule has 0 aromatic carbocycles. The highest BCUT2D eigenvalue weighted by Crippen LogP contribution is 2.10. The van der Waals surface area contributed by atoms with Gasteiger partial charge in [0.2, 0.25) is 0 Å². The fraction of sp³-hybridized carbons (Fsp3) is 0.909. The maximum absolute atomic E-state index is 8.89. The minimum Gasteiger partial charge on any atom is -0.375 e. The fourth-order valence-corrected chi connectivity index (χ4v) is 1.20. The summed E-state index contributed by atoms with van der Waals surface area (Å²) < 4.78 is 5.61. The standard InChI is InChI=1S/C11H22N2O/c1-9(2)6-10(3)14-8-11(4,7-12)13-5/h9-10,13H,6,8H2,1-5H3. The van der Waals surface area contributed by atoms with Crippen LogP contribution in [-0.4, -0.2) is 25.3 Å². The zero-order valence-corrected chi connectivity index (χ0v) is 9.92. The zero-order chi connectivity index (χ0) is 11.2. The molecule has 0 saturated heterocycles. The van der Waals surface area contributed by atoms with Gasteiger partial charge in [-0.25, -0.2) is 0 Å². The number of nitrogens with zero attached hydrogens (tertiary/aromatic N) is 1. The molecular formula is C11H22N2O. The third-order valence-corrected chi connectivity index (χ3v) is 2.26.